The molecule has 1 unspecified atom stereocenters. The van der Waals surface area contributed by atoms with Gasteiger partial charge in [-0.25, -0.2) is 0 Å². The van der Waals surface area contributed by atoms with Crippen molar-refractivity contribution < 1.29 is 9.63 Å². The molecule has 5 fully saturated rings. The van der Waals surface area contributed by atoms with Crippen LogP contribution in [0.1, 0.15) is 84.5 Å². The lowest BCUT2D eigenvalue weighted by atomic mass is 9.50. The van der Waals surface area contributed by atoms with Gasteiger partial charge < -0.3 is 10.2 Å². The monoisotopic (exact) mass is 386 g/mol. The van der Waals surface area contributed by atoms with Gasteiger partial charge in [0.2, 0.25) is 0 Å². The maximum Gasteiger partial charge on any atom is 0.141 e. The third kappa shape index (κ3) is 2.97. The molecule has 0 spiro atoms. The van der Waals surface area contributed by atoms with Gasteiger partial charge in [0.1, 0.15) is 11.9 Å². The molecule has 1 N–H and O–H groups in total. The summed E-state index contributed by atoms with van der Waals surface area (Å²) in [5.41, 5.74) is 1.74. The lowest BCUT2D eigenvalue weighted by Crippen LogP contribution is -2.49. The number of Topliss-reactive ketones (excluding diaryl/α,β-unsaturated/α-hetero) is 1. The van der Waals surface area contributed by atoms with Gasteiger partial charge in [0.15, 0.2) is 0 Å². The average molecular weight is 387 g/mol. The predicted molar refractivity (Wildman–Crippen MR) is 111 cm³/mol. The van der Waals surface area contributed by atoms with Gasteiger partial charge in [-0.1, -0.05) is 25.4 Å². The Labute approximate surface area is 170 Å². The van der Waals surface area contributed by atoms with Crippen LogP contribution in [0.3, 0.4) is 0 Å². The molecule has 0 amide bonds. The number of hydrogen-bond donors (Lipinski definition) is 1. The lowest BCUT2D eigenvalue weighted by molar-refractivity contribution is -0.132. The van der Waals surface area contributed by atoms with E-state index < -0.39 is 0 Å². The van der Waals surface area contributed by atoms with E-state index in [2.05, 4.69) is 24.3 Å². The highest BCUT2D eigenvalue weighted by Crippen LogP contribution is 2.64. The number of nitrogens with zero attached hydrogens (tertiary/aromatic N) is 1. The Bertz CT molecular complexity index is 655. The van der Waals surface area contributed by atoms with E-state index in [0.29, 0.717) is 17.1 Å². The van der Waals surface area contributed by atoms with E-state index in [1.807, 2.05) is 0 Å². The zero-order chi connectivity index (χ0) is 19.4. The van der Waals surface area contributed by atoms with Crippen LogP contribution in [-0.4, -0.2) is 30.7 Å². The van der Waals surface area contributed by atoms with Crippen molar-refractivity contribution in [1.29, 1.82) is 0 Å². The van der Waals surface area contributed by atoms with Gasteiger partial charge in [0.25, 0.3) is 0 Å². The van der Waals surface area contributed by atoms with E-state index in [1.165, 1.54) is 37.8 Å². The molecule has 28 heavy (non-hydrogen) atoms. The topological polar surface area (TPSA) is 50.7 Å². The molecule has 1 saturated heterocycles. The third-order valence-electron chi connectivity index (χ3n) is 9.80. The minimum Gasteiger partial charge on any atom is -0.391 e. The van der Waals surface area contributed by atoms with E-state index in [0.717, 1.165) is 69.4 Å². The van der Waals surface area contributed by atoms with Crippen LogP contribution >= 0.6 is 0 Å². The van der Waals surface area contributed by atoms with Gasteiger partial charge in [-0.2, -0.15) is 0 Å². The molecule has 156 valence electrons. The standard InChI is InChI=1S/C24H38N2O2/c1-23-11-8-17(26-28-18-10-13-25-15-18)14-16(23)4-3-5-19-20-6-7-22(27)24(20,2)12-9-21(19)23/h16,18-21,25H,3-15H2,1-2H3/b26-17+/t16?,18-,19+,20+,21+,23+,24+/m1/s1. The van der Waals surface area contributed by atoms with Gasteiger partial charge in [-0.3, -0.25) is 4.79 Å². The van der Waals surface area contributed by atoms with Crippen molar-refractivity contribution in [3.8, 4) is 0 Å². The zero-order valence-corrected chi connectivity index (χ0v) is 17.8. The molecule has 4 heteroatoms. The first-order valence-corrected chi connectivity index (χ1v) is 12.0. The van der Waals surface area contributed by atoms with Crippen molar-refractivity contribution in [2.45, 2.75) is 90.6 Å². The fourth-order valence-electron chi connectivity index (χ4n) is 7.99. The molecule has 4 aliphatic carbocycles. The molecule has 4 saturated carbocycles. The first kappa shape index (κ1) is 19.1. The molecule has 1 aliphatic heterocycles. The first-order valence-electron chi connectivity index (χ1n) is 12.0. The van der Waals surface area contributed by atoms with E-state index in [1.54, 1.807) is 0 Å². The Morgan fingerprint density at radius 1 is 1.04 bits per heavy atom. The van der Waals surface area contributed by atoms with Crippen molar-refractivity contribution in [3.63, 3.8) is 0 Å². The smallest absolute Gasteiger partial charge is 0.141 e. The van der Waals surface area contributed by atoms with Crippen molar-refractivity contribution in [2.75, 3.05) is 13.1 Å². The van der Waals surface area contributed by atoms with E-state index >= 15 is 0 Å². The van der Waals surface area contributed by atoms with Gasteiger partial charge in [0.05, 0.1) is 5.71 Å². The van der Waals surface area contributed by atoms with Crippen LogP contribution in [0, 0.1) is 34.5 Å². The van der Waals surface area contributed by atoms with Crippen molar-refractivity contribution in [2.24, 2.45) is 39.7 Å². The Balaban J connectivity index is 1.33. The van der Waals surface area contributed by atoms with E-state index in [9.17, 15) is 4.79 Å². The van der Waals surface area contributed by atoms with Crippen molar-refractivity contribution in [3.05, 3.63) is 0 Å². The number of fused-ring (bicyclic) bond motifs is 5. The van der Waals surface area contributed by atoms with Crippen LogP contribution in [-0.2, 0) is 9.63 Å². The number of rotatable bonds is 2. The predicted octanol–water partition coefficient (Wildman–Crippen LogP) is 4.72. The summed E-state index contributed by atoms with van der Waals surface area (Å²) in [6, 6.07) is 0. The second-order valence-electron chi connectivity index (χ2n) is 11.0. The maximum atomic E-state index is 12.6. The summed E-state index contributed by atoms with van der Waals surface area (Å²) in [6.45, 7) is 6.90. The summed E-state index contributed by atoms with van der Waals surface area (Å²) < 4.78 is 0. The number of hydrogen-bond acceptors (Lipinski definition) is 4. The van der Waals surface area contributed by atoms with Gasteiger partial charge in [-0.05, 0) is 87.0 Å². The summed E-state index contributed by atoms with van der Waals surface area (Å²) in [5.74, 6) is 3.56. The zero-order valence-electron chi connectivity index (χ0n) is 17.8. The molecule has 0 aromatic heterocycles. The summed E-state index contributed by atoms with van der Waals surface area (Å²) in [5, 5.41) is 7.99. The highest BCUT2D eigenvalue weighted by atomic mass is 16.6. The fraction of sp³-hybridized carbons (Fsp3) is 0.917. The summed E-state index contributed by atoms with van der Waals surface area (Å²) in [4.78, 5) is 18.5. The number of ketones is 1. The summed E-state index contributed by atoms with van der Waals surface area (Å²) in [6.07, 6.45) is 13.3. The van der Waals surface area contributed by atoms with Crippen LogP contribution in [0.25, 0.3) is 0 Å². The molecule has 4 nitrogen and oxygen atoms in total. The molecule has 0 bridgehead atoms. The molecule has 0 radical (unpaired) electrons. The normalized spacial score (nSPS) is 50.0. The van der Waals surface area contributed by atoms with Crippen LogP contribution in [0.2, 0.25) is 0 Å². The van der Waals surface area contributed by atoms with Crippen molar-refractivity contribution in [1.82, 2.24) is 5.32 Å². The summed E-state index contributed by atoms with van der Waals surface area (Å²) >= 11 is 0. The second kappa shape index (κ2) is 7.11. The number of nitrogens with one attached hydrogen (secondary N) is 1. The molecule has 1 heterocycles. The first-order chi connectivity index (χ1) is 13.5. The SMILES string of the molecule is C[C@]12CC/C(=N\O[C@@H]3CCNC3)CC1CCC[C@@H]1[C@@H]2CC[C@]2(C)C(=O)CC[C@@H]12. The Morgan fingerprint density at radius 2 is 1.93 bits per heavy atom. The van der Waals surface area contributed by atoms with Crippen molar-refractivity contribution >= 4 is 11.5 Å². The van der Waals surface area contributed by atoms with Gasteiger partial charge in [-0.15, -0.1) is 0 Å². The lowest BCUT2D eigenvalue weighted by Gasteiger charge is -2.54. The minimum atomic E-state index is 0.00179. The average Bonchev–Trinajstić information content (AvgIpc) is 3.27. The van der Waals surface area contributed by atoms with Crippen LogP contribution in [0.5, 0.6) is 0 Å². The van der Waals surface area contributed by atoms with Gasteiger partial charge >= 0.3 is 0 Å². The minimum absolute atomic E-state index is 0.00179. The Kier molecular flexibility index (Phi) is 4.84. The second-order valence-corrected chi connectivity index (χ2v) is 11.0. The van der Waals surface area contributed by atoms with E-state index in [4.69, 9.17) is 4.84 Å². The maximum absolute atomic E-state index is 12.6. The molecule has 5 rings (SSSR count). The Morgan fingerprint density at radius 3 is 2.75 bits per heavy atom. The third-order valence-corrected chi connectivity index (χ3v) is 9.80. The molecule has 0 aromatic carbocycles. The largest absolute Gasteiger partial charge is 0.391 e. The van der Waals surface area contributed by atoms with Gasteiger partial charge in [0, 0.05) is 24.8 Å². The fourth-order valence-corrected chi connectivity index (χ4v) is 7.99. The Hall–Kier alpha value is -0.900. The number of carbonyl (C=O) groups is 1. The van der Waals surface area contributed by atoms with Crippen LogP contribution in [0.15, 0.2) is 5.16 Å². The summed E-state index contributed by atoms with van der Waals surface area (Å²) in [7, 11) is 0. The van der Waals surface area contributed by atoms with Crippen LogP contribution in [0.4, 0.5) is 0 Å². The molecule has 7 atom stereocenters. The quantitative estimate of drug-likeness (QED) is 0.699. The molecule has 5 aliphatic rings. The molecular formula is C24H38N2O2. The highest BCUT2D eigenvalue weighted by Gasteiger charge is 2.58. The molecule has 0 aromatic rings. The number of oxime groups is 1. The number of carbonyl (C=O) groups excluding carboxylic acids is 1. The van der Waals surface area contributed by atoms with Crippen LogP contribution < -0.4 is 5.32 Å². The van der Waals surface area contributed by atoms with E-state index in [-0.39, 0.29) is 11.5 Å². The molecular weight excluding hydrogens is 348 g/mol. The highest BCUT2D eigenvalue weighted by molar-refractivity contribution is 5.87.